The van der Waals surface area contributed by atoms with Crippen molar-refractivity contribution in [3.8, 4) is 0 Å². The van der Waals surface area contributed by atoms with Gasteiger partial charge in [-0.2, -0.15) is 0 Å². The van der Waals surface area contributed by atoms with Crippen molar-refractivity contribution in [2.24, 2.45) is 5.73 Å². The zero-order valence-electron chi connectivity index (χ0n) is 9.70. The van der Waals surface area contributed by atoms with Gasteiger partial charge in [-0.1, -0.05) is 15.9 Å². The molecule has 3 heteroatoms. The van der Waals surface area contributed by atoms with E-state index in [1.807, 2.05) is 6.92 Å². The number of nitrogens with zero attached hydrogens (tertiary/aromatic N) is 1. The van der Waals surface area contributed by atoms with Crippen LogP contribution in [0.4, 0.5) is 0 Å². The maximum Gasteiger partial charge on any atom is 0.0483 e. The van der Waals surface area contributed by atoms with E-state index in [9.17, 15) is 0 Å². The maximum atomic E-state index is 5.88. The van der Waals surface area contributed by atoms with E-state index in [2.05, 4.69) is 51.7 Å². The molecule has 16 heavy (non-hydrogen) atoms. The number of hydrogen-bond acceptors (Lipinski definition) is 1. The summed E-state index contributed by atoms with van der Waals surface area (Å²) in [6.07, 6.45) is 0.931. The van der Waals surface area contributed by atoms with Crippen molar-refractivity contribution in [2.75, 3.05) is 0 Å². The molecule has 0 spiro atoms. The van der Waals surface area contributed by atoms with E-state index in [0.717, 1.165) is 17.4 Å². The number of nitrogens with two attached hydrogens (primary N) is 1. The van der Waals surface area contributed by atoms with E-state index < -0.39 is 0 Å². The van der Waals surface area contributed by atoms with Gasteiger partial charge in [0.2, 0.25) is 0 Å². The van der Waals surface area contributed by atoms with E-state index in [-0.39, 0.29) is 6.04 Å². The molecule has 2 N–H and O–H groups in total. The molecule has 0 aliphatic carbocycles. The first kappa shape index (κ1) is 11.7. The second-order valence-corrected chi connectivity index (χ2v) is 5.18. The van der Waals surface area contributed by atoms with Crippen LogP contribution in [0.25, 0.3) is 10.9 Å². The highest BCUT2D eigenvalue weighted by Crippen LogP contribution is 2.24. The summed E-state index contributed by atoms with van der Waals surface area (Å²) in [6.45, 7) is 5.22. The fourth-order valence-electron chi connectivity index (χ4n) is 2.17. The summed E-state index contributed by atoms with van der Waals surface area (Å²) >= 11 is 3.51. The average molecular weight is 281 g/mol. The van der Waals surface area contributed by atoms with Crippen LogP contribution < -0.4 is 5.73 Å². The molecule has 86 valence electrons. The van der Waals surface area contributed by atoms with Gasteiger partial charge < -0.3 is 10.3 Å². The number of hydrogen-bond donors (Lipinski definition) is 1. The standard InChI is InChI=1S/C13H17BrN2/c1-3-16-12(6-9(2)15)8-10-7-11(14)4-5-13(10)16/h4-5,7-9H,3,6,15H2,1-2H3. The van der Waals surface area contributed by atoms with Gasteiger partial charge in [-0.05, 0) is 38.1 Å². The Morgan fingerprint density at radius 3 is 2.75 bits per heavy atom. The fraction of sp³-hybridized carbons (Fsp3) is 0.385. The SMILES string of the molecule is CCn1c(CC(C)N)cc2cc(Br)ccc21. The first-order valence-electron chi connectivity index (χ1n) is 5.65. The van der Waals surface area contributed by atoms with Crippen LogP contribution in [0.3, 0.4) is 0 Å². The molecule has 2 aromatic rings. The summed E-state index contributed by atoms with van der Waals surface area (Å²) in [5.74, 6) is 0. The molecule has 0 bridgehead atoms. The lowest BCUT2D eigenvalue weighted by molar-refractivity contribution is 0.665. The monoisotopic (exact) mass is 280 g/mol. The van der Waals surface area contributed by atoms with Gasteiger partial charge in [0.1, 0.15) is 0 Å². The minimum atomic E-state index is 0.207. The third kappa shape index (κ3) is 2.15. The summed E-state index contributed by atoms with van der Waals surface area (Å²) in [5, 5.41) is 1.28. The summed E-state index contributed by atoms with van der Waals surface area (Å²) in [7, 11) is 0. The Bertz CT molecular complexity index is 500. The molecule has 0 amide bonds. The van der Waals surface area contributed by atoms with Crippen molar-refractivity contribution in [1.82, 2.24) is 4.57 Å². The lowest BCUT2D eigenvalue weighted by atomic mass is 10.2. The van der Waals surface area contributed by atoms with Gasteiger partial charge in [-0.3, -0.25) is 0 Å². The van der Waals surface area contributed by atoms with Crippen LogP contribution >= 0.6 is 15.9 Å². The van der Waals surface area contributed by atoms with Crippen molar-refractivity contribution in [3.05, 3.63) is 34.4 Å². The Kier molecular flexibility index (Phi) is 3.36. The number of aryl methyl sites for hydroxylation is 1. The van der Waals surface area contributed by atoms with Gasteiger partial charge in [0.25, 0.3) is 0 Å². The Hall–Kier alpha value is -0.800. The number of aromatic nitrogens is 1. The first-order chi connectivity index (χ1) is 7.61. The Morgan fingerprint density at radius 2 is 2.12 bits per heavy atom. The zero-order chi connectivity index (χ0) is 11.7. The second-order valence-electron chi connectivity index (χ2n) is 4.26. The Labute approximate surface area is 105 Å². The topological polar surface area (TPSA) is 30.9 Å². The molecule has 1 unspecified atom stereocenters. The molecule has 2 nitrogen and oxygen atoms in total. The van der Waals surface area contributed by atoms with Gasteiger partial charge in [0.15, 0.2) is 0 Å². The highest BCUT2D eigenvalue weighted by atomic mass is 79.9. The highest BCUT2D eigenvalue weighted by molar-refractivity contribution is 9.10. The molecule has 0 fully saturated rings. The molecule has 2 rings (SSSR count). The van der Waals surface area contributed by atoms with Crippen molar-refractivity contribution in [3.63, 3.8) is 0 Å². The van der Waals surface area contributed by atoms with Crippen LogP contribution in [-0.2, 0) is 13.0 Å². The Morgan fingerprint density at radius 1 is 1.38 bits per heavy atom. The van der Waals surface area contributed by atoms with Gasteiger partial charge >= 0.3 is 0 Å². The molecule has 1 aromatic heterocycles. The summed E-state index contributed by atoms with van der Waals surface area (Å²) in [6, 6.07) is 8.86. The summed E-state index contributed by atoms with van der Waals surface area (Å²) < 4.78 is 3.46. The number of benzene rings is 1. The largest absolute Gasteiger partial charge is 0.345 e. The van der Waals surface area contributed by atoms with Crippen molar-refractivity contribution >= 4 is 26.8 Å². The van der Waals surface area contributed by atoms with E-state index in [0.29, 0.717) is 0 Å². The molecule has 0 saturated carbocycles. The predicted molar refractivity (Wildman–Crippen MR) is 72.7 cm³/mol. The third-order valence-corrected chi connectivity index (χ3v) is 3.29. The summed E-state index contributed by atoms with van der Waals surface area (Å²) in [4.78, 5) is 0. The molecule has 1 aromatic carbocycles. The molecule has 1 heterocycles. The maximum absolute atomic E-state index is 5.88. The van der Waals surface area contributed by atoms with Gasteiger partial charge in [0, 0.05) is 40.1 Å². The first-order valence-corrected chi connectivity index (χ1v) is 6.44. The molecule has 0 aliphatic heterocycles. The molecular formula is C13H17BrN2. The quantitative estimate of drug-likeness (QED) is 0.919. The van der Waals surface area contributed by atoms with Crippen LogP contribution in [0, 0.1) is 0 Å². The van der Waals surface area contributed by atoms with Crippen LogP contribution in [0.15, 0.2) is 28.7 Å². The van der Waals surface area contributed by atoms with Crippen molar-refractivity contribution in [2.45, 2.75) is 32.9 Å². The van der Waals surface area contributed by atoms with E-state index >= 15 is 0 Å². The van der Waals surface area contributed by atoms with E-state index in [1.54, 1.807) is 0 Å². The van der Waals surface area contributed by atoms with E-state index in [1.165, 1.54) is 16.6 Å². The summed E-state index contributed by atoms with van der Waals surface area (Å²) in [5.41, 5.74) is 8.49. The number of fused-ring (bicyclic) bond motifs is 1. The minimum Gasteiger partial charge on any atom is -0.345 e. The number of halogens is 1. The average Bonchev–Trinajstić information content (AvgIpc) is 2.52. The Balaban J connectivity index is 2.56. The van der Waals surface area contributed by atoms with E-state index in [4.69, 9.17) is 5.73 Å². The van der Waals surface area contributed by atoms with Gasteiger partial charge in [-0.25, -0.2) is 0 Å². The van der Waals surface area contributed by atoms with Gasteiger partial charge in [-0.15, -0.1) is 0 Å². The lowest BCUT2D eigenvalue weighted by Crippen LogP contribution is -2.19. The normalized spacial score (nSPS) is 13.2. The van der Waals surface area contributed by atoms with Crippen LogP contribution in [-0.4, -0.2) is 10.6 Å². The van der Waals surface area contributed by atoms with Crippen molar-refractivity contribution < 1.29 is 0 Å². The molecule has 0 aliphatic rings. The lowest BCUT2D eigenvalue weighted by Gasteiger charge is -2.09. The third-order valence-electron chi connectivity index (χ3n) is 2.80. The fourth-order valence-corrected chi connectivity index (χ4v) is 2.55. The molecular weight excluding hydrogens is 264 g/mol. The zero-order valence-corrected chi connectivity index (χ0v) is 11.3. The highest BCUT2D eigenvalue weighted by Gasteiger charge is 2.09. The smallest absolute Gasteiger partial charge is 0.0483 e. The number of rotatable bonds is 3. The second kappa shape index (κ2) is 4.60. The minimum absolute atomic E-state index is 0.207. The van der Waals surface area contributed by atoms with Crippen LogP contribution in [0.5, 0.6) is 0 Å². The molecule has 0 saturated heterocycles. The van der Waals surface area contributed by atoms with Gasteiger partial charge in [0.05, 0.1) is 0 Å². The molecule has 0 radical (unpaired) electrons. The van der Waals surface area contributed by atoms with Crippen LogP contribution in [0.1, 0.15) is 19.5 Å². The van der Waals surface area contributed by atoms with Crippen molar-refractivity contribution in [1.29, 1.82) is 0 Å². The van der Waals surface area contributed by atoms with Crippen LogP contribution in [0.2, 0.25) is 0 Å². The predicted octanol–water partition coefficient (Wildman–Crippen LogP) is 3.31. The molecule has 1 atom stereocenters.